The highest BCUT2D eigenvalue weighted by molar-refractivity contribution is 5.70. The third-order valence-corrected chi connectivity index (χ3v) is 3.72. The van der Waals surface area contributed by atoms with Crippen molar-refractivity contribution in [2.45, 2.75) is 24.9 Å². The van der Waals surface area contributed by atoms with Gasteiger partial charge in [0.05, 0.1) is 19.0 Å². The number of hydrogen-bond acceptors (Lipinski definition) is 7. The van der Waals surface area contributed by atoms with E-state index < -0.39 is 12.3 Å². The van der Waals surface area contributed by atoms with Crippen molar-refractivity contribution in [2.75, 3.05) is 25.6 Å². The number of nitrogens with zero attached hydrogens (tertiary/aromatic N) is 3. The molecular formula is C14H17N5O4. The minimum Gasteiger partial charge on any atom is -0.394 e. The van der Waals surface area contributed by atoms with Gasteiger partial charge in [-0.3, -0.25) is 14.3 Å². The number of ether oxygens (including phenoxy) is 2. The van der Waals surface area contributed by atoms with Crippen LogP contribution in [0.3, 0.4) is 0 Å². The third-order valence-electron chi connectivity index (χ3n) is 3.72. The number of aliphatic hydroxyl groups is 1. The van der Waals surface area contributed by atoms with E-state index >= 15 is 0 Å². The van der Waals surface area contributed by atoms with Gasteiger partial charge in [0, 0.05) is 13.5 Å². The molecule has 122 valence electrons. The highest BCUT2D eigenvalue weighted by Crippen LogP contribution is 2.32. The standard InChI is InChI=1S/C14H17N5O4/c1-3-4-22-8-5-10(23-9(8)6-20)19-7-16-11-12(19)17-14(15-2)18-13(11)21/h1,7-10,20H,4-6H2,2H3,(H2,15,17,18,21)/t8-,9+,10+/m0/s1. The molecular weight excluding hydrogens is 302 g/mol. The van der Waals surface area contributed by atoms with E-state index in [4.69, 9.17) is 15.9 Å². The fourth-order valence-electron chi connectivity index (χ4n) is 2.62. The molecule has 1 fully saturated rings. The lowest BCUT2D eigenvalue weighted by Gasteiger charge is -2.15. The van der Waals surface area contributed by atoms with Gasteiger partial charge in [0.1, 0.15) is 18.9 Å². The van der Waals surface area contributed by atoms with Crippen LogP contribution in [0.15, 0.2) is 11.1 Å². The number of imidazole rings is 1. The number of aromatic nitrogens is 4. The van der Waals surface area contributed by atoms with Gasteiger partial charge in [0.15, 0.2) is 11.2 Å². The first-order valence-electron chi connectivity index (χ1n) is 7.14. The van der Waals surface area contributed by atoms with Crippen LogP contribution in [0.2, 0.25) is 0 Å². The second-order valence-electron chi connectivity index (χ2n) is 5.09. The normalized spacial score (nSPS) is 24.0. The molecule has 0 saturated carbocycles. The molecule has 0 bridgehead atoms. The van der Waals surface area contributed by atoms with E-state index in [0.29, 0.717) is 18.0 Å². The summed E-state index contributed by atoms with van der Waals surface area (Å²) in [4.78, 5) is 23.0. The molecule has 2 aromatic rings. The van der Waals surface area contributed by atoms with Crippen LogP contribution in [0.5, 0.6) is 0 Å². The smallest absolute Gasteiger partial charge is 0.280 e. The number of fused-ring (bicyclic) bond motifs is 1. The van der Waals surface area contributed by atoms with E-state index in [1.54, 1.807) is 11.6 Å². The molecule has 3 N–H and O–H groups in total. The van der Waals surface area contributed by atoms with Gasteiger partial charge in [0.25, 0.3) is 5.56 Å². The summed E-state index contributed by atoms with van der Waals surface area (Å²) in [6.45, 7) is -0.0438. The zero-order chi connectivity index (χ0) is 16.4. The lowest BCUT2D eigenvalue weighted by Crippen LogP contribution is -2.27. The first-order valence-corrected chi connectivity index (χ1v) is 7.14. The second-order valence-corrected chi connectivity index (χ2v) is 5.09. The van der Waals surface area contributed by atoms with Crippen LogP contribution in [0.25, 0.3) is 11.2 Å². The van der Waals surface area contributed by atoms with Crippen molar-refractivity contribution < 1.29 is 14.6 Å². The van der Waals surface area contributed by atoms with Crippen LogP contribution >= 0.6 is 0 Å². The van der Waals surface area contributed by atoms with E-state index in [9.17, 15) is 9.90 Å². The molecule has 0 unspecified atom stereocenters. The van der Waals surface area contributed by atoms with Gasteiger partial charge < -0.3 is 19.9 Å². The highest BCUT2D eigenvalue weighted by Gasteiger charge is 2.37. The molecule has 9 nitrogen and oxygen atoms in total. The maximum absolute atomic E-state index is 12.0. The molecule has 0 aromatic carbocycles. The largest absolute Gasteiger partial charge is 0.394 e. The van der Waals surface area contributed by atoms with Crippen molar-refractivity contribution in [3.63, 3.8) is 0 Å². The Morgan fingerprint density at radius 2 is 2.52 bits per heavy atom. The maximum Gasteiger partial charge on any atom is 0.280 e. The Hall–Kier alpha value is -2.41. The Morgan fingerprint density at radius 1 is 1.70 bits per heavy atom. The Kier molecular flexibility index (Phi) is 4.29. The molecule has 0 amide bonds. The summed E-state index contributed by atoms with van der Waals surface area (Å²) in [5.74, 6) is 2.73. The van der Waals surface area contributed by atoms with Gasteiger partial charge in [-0.05, 0) is 0 Å². The lowest BCUT2D eigenvalue weighted by molar-refractivity contribution is -0.0555. The molecule has 3 rings (SSSR count). The first-order chi connectivity index (χ1) is 11.2. The van der Waals surface area contributed by atoms with E-state index in [2.05, 4.69) is 26.2 Å². The molecule has 9 heteroatoms. The van der Waals surface area contributed by atoms with Crippen LogP contribution in [0.4, 0.5) is 5.95 Å². The summed E-state index contributed by atoms with van der Waals surface area (Å²) in [5.41, 5.74) is 0.286. The van der Waals surface area contributed by atoms with Crippen molar-refractivity contribution in [2.24, 2.45) is 0 Å². The third kappa shape index (κ3) is 2.79. The maximum atomic E-state index is 12.0. The van der Waals surface area contributed by atoms with Crippen LogP contribution in [-0.2, 0) is 9.47 Å². The summed E-state index contributed by atoms with van der Waals surface area (Å²) in [6, 6.07) is 0. The molecule has 0 spiro atoms. The Bertz CT molecular complexity index is 793. The van der Waals surface area contributed by atoms with Crippen molar-refractivity contribution >= 4 is 17.1 Å². The Labute approximate surface area is 131 Å². The average molecular weight is 319 g/mol. The second kappa shape index (κ2) is 6.37. The van der Waals surface area contributed by atoms with Gasteiger partial charge >= 0.3 is 0 Å². The van der Waals surface area contributed by atoms with Gasteiger partial charge in [-0.15, -0.1) is 6.42 Å². The molecule has 2 aromatic heterocycles. The number of anilines is 1. The van der Waals surface area contributed by atoms with Crippen molar-refractivity contribution in [1.29, 1.82) is 0 Å². The van der Waals surface area contributed by atoms with Crippen LogP contribution in [0, 0.1) is 12.3 Å². The van der Waals surface area contributed by atoms with Gasteiger partial charge in [-0.2, -0.15) is 4.98 Å². The number of nitrogens with one attached hydrogen (secondary N) is 2. The van der Waals surface area contributed by atoms with Gasteiger partial charge in [-0.25, -0.2) is 4.98 Å². The van der Waals surface area contributed by atoms with Crippen molar-refractivity contribution in [3.05, 3.63) is 16.7 Å². The summed E-state index contributed by atoms with van der Waals surface area (Å²) < 4.78 is 13.0. The van der Waals surface area contributed by atoms with Gasteiger partial charge in [-0.1, -0.05) is 5.92 Å². The predicted molar refractivity (Wildman–Crippen MR) is 81.9 cm³/mol. The zero-order valence-corrected chi connectivity index (χ0v) is 12.5. The molecule has 3 atom stereocenters. The minimum absolute atomic E-state index is 0.143. The molecule has 0 aliphatic carbocycles. The quantitative estimate of drug-likeness (QED) is 0.634. The topological polar surface area (TPSA) is 114 Å². The zero-order valence-electron chi connectivity index (χ0n) is 12.5. The molecule has 0 radical (unpaired) electrons. The minimum atomic E-state index is -0.489. The van der Waals surface area contributed by atoms with Crippen molar-refractivity contribution in [1.82, 2.24) is 19.5 Å². The van der Waals surface area contributed by atoms with Crippen LogP contribution in [0.1, 0.15) is 12.6 Å². The predicted octanol–water partition coefficient (Wildman–Crippen LogP) is -0.540. The number of rotatable bonds is 5. The first kappa shape index (κ1) is 15.5. The van der Waals surface area contributed by atoms with Crippen LogP contribution < -0.4 is 10.9 Å². The number of H-pyrrole nitrogens is 1. The number of hydrogen-bond donors (Lipinski definition) is 3. The number of aromatic amines is 1. The SMILES string of the molecule is C#CCO[C@H]1C[C@H](n2cnc3c(=O)[nH]c(NC)nc32)O[C@@H]1CO. The van der Waals surface area contributed by atoms with E-state index in [1.165, 1.54) is 6.33 Å². The molecule has 3 heterocycles. The average Bonchev–Trinajstić information content (AvgIpc) is 3.16. The van der Waals surface area contributed by atoms with Crippen molar-refractivity contribution in [3.8, 4) is 12.3 Å². The van der Waals surface area contributed by atoms with E-state index in [-0.39, 0.29) is 30.4 Å². The molecule has 1 aliphatic heterocycles. The monoisotopic (exact) mass is 319 g/mol. The molecule has 1 saturated heterocycles. The van der Waals surface area contributed by atoms with Gasteiger partial charge in [0.2, 0.25) is 5.95 Å². The Morgan fingerprint density at radius 3 is 3.22 bits per heavy atom. The molecule has 23 heavy (non-hydrogen) atoms. The van der Waals surface area contributed by atoms with Crippen LogP contribution in [-0.4, -0.2) is 57.1 Å². The summed E-state index contributed by atoms with van der Waals surface area (Å²) in [7, 11) is 1.66. The summed E-state index contributed by atoms with van der Waals surface area (Å²) >= 11 is 0. The lowest BCUT2D eigenvalue weighted by atomic mass is 10.2. The van der Waals surface area contributed by atoms with E-state index in [1.807, 2.05) is 0 Å². The number of terminal acetylenes is 1. The van der Waals surface area contributed by atoms with E-state index in [0.717, 1.165) is 0 Å². The highest BCUT2D eigenvalue weighted by atomic mass is 16.6. The number of aliphatic hydroxyl groups excluding tert-OH is 1. The Balaban J connectivity index is 1.93. The fourth-order valence-corrected chi connectivity index (χ4v) is 2.62. The summed E-state index contributed by atoms with van der Waals surface area (Å²) in [5, 5.41) is 12.2. The molecule has 1 aliphatic rings. The summed E-state index contributed by atoms with van der Waals surface area (Å²) in [6.07, 6.45) is 5.90. The fraction of sp³-hybridized carbons (Fsp3) is 0.500.